The predicted octanol–water partition coefficient (Wildman–Crippen LogP) is 6.31. The van der Waals surface area contributed by atoms with Crippen LogP contribution in [0.1, 0.15) is 32.8 Å². The Kier molecular flexibility index (Phi) is 8.19. The van der Waals surface area contributed by atoms with Crippen molar-refractivity contribution in [3.05, 3.63) is 34.1 Å². The van der Waals surface area contributed by atoms with Gasteiger partial charge in [0.15, 0.2) is 5.17 Å². The molecule has 196 valence electrons. The molecule has 1 unspecified atom stereocenters. The van der Waals surface area contributed by atoms with Gasteiger partial charge in [-0.05, 0) is 30.7 Å². The lowest BCUT2D eigenvalue weighted by molar-refractivity contribution is -0.0762. The van der Waals surface area contributed by atoms with Crippen molar-refractivity contribution in [3.8, 4) is 0 Å². The number of nitrogens with zero attached hydrogens (tertiary/aromatic N) is 2. The van der Waals surface area contributed by atoms with E-state index in [0.717, 1.165) is 22.7 Å². The zero-order valence-corrected chi connectivity index (χ0v) is 24.5. The summed E-state index contributed by atoms with van der Waals surface area (Å²) in [6.45, 7) is 11.3. The summed E-state index contributed by atoms with van der Waals surface area (Å²) in [6.07, 6.45) is -1.81. The molecule has 0 bridgehead atoms. The van der Waals surface area contributed by atoms with Crippen molar-refractivity contribution in [2.75, 3.05) is 19.9 Å². The van der Waals surface area contributed by atoms with Crippen molar-refractivity contribution < 1.29 is 28.5 Å². The first kappa shape index (κ1) is 28.6. The van der Waals surface area contributed by atoms with E-state index in [4.69, 9.17) is 4.74 Å². The smallest absolute Gasteiger partial charge is 0.415 e. The molecule has 35 heavy (non-hydrogen) atoms. The van der Waals surface area contributed by atoms with E-state index in [1.807, 2.05) is 20.8 Å². The van der Waals surface area contributed by atoms with E-state index < -0.39 is 54.5 Å². The highest BCUT2D eigenvalue weighted by molar-refractivity contribution is 9.10. The predicted molar refractivity (Wildman–Crippen MR) is 142 cm³/mol. The second kappa shape index (κ2) is 10.0. The van der Waals surface area contributed by atoms with Crippen molar-refractivity contribution in [1.29, 1.82) is 0 Å². The third-order valence-corrected chi connectivity index (χ3v) is 10.2. The minimum atomic E-state index is -1.65. The lowest BCUT2D eigenvalue weighted by Gasteiger charge is -2.42. The Labute approximate surface area is 219 Å². The van der Waals surface area contributed by atoms with Gasteiger partial charge in [-0.1, -0.05) is 68.1 Å². The Hall–Kier alpha value is -1.01. The Morgan fingerprint density at radius 3 is 2.57 bits per heavy atom. The Morgan fingerprint density at radius 2 is 2.06 bits per heavy atom. The maximum absolute atomic E-state index is 15.0. The Bertz CT molecular complexity index is 1000. The number of hydrogen-bond donors (Lipinski definition) is 2. The molecule has 3 rings (SSSR count). The minimum absolute atomic E-state index is 0.0188. The minimum Gasteiger partial charge on any atom is -0.465 e. The molecule has 2 aliphatic rings. The number of benzene rings is 1. The molecule has 4 atom stereocenters. The van der Waals surface area contributed by atoms with Crippen LogP contribution >= 0.6 is 27.7 Å². The van der Waals surface area contributed by atoms with Crippen LogP contribution in [0, 0.1) is 17.2 Å². The van der Waals surface area contributed by atoms with Crippen LogP contribution in [0.5, 0.6) is 0 Å². The van der Waals surface area contributed by atoms with Gasteiger partial charge in [0.1, 0.15) is 24.3 Å². The highest BCUT2D eigenvalue weighted by atomic mass is 79.9. The summed E-state index contributed by atoms with van der Waals surface area (Å²) < 4.78 is 35.9. The van der Waals surface area contributed by atoms with Crippen LogP contribution in [0.15, 0.2) is 27.7 Å². The van der Waals surface area contributed by atoms with E-state index in [0.29, 0.717) is 17.5 Å². The summed E-state index contributed by atoms with van der Waals surface area (Å²) in [5, 5.41) is 20.6. The molecule has 2 N–H and O–H groups in total. The van der Waals surface area contributed by atoms with Gasteiger partial charge in [0.2, 0.25) is 0 Å². The zero-order chi connectivity index (χ0) is 26.4. The summed E-state index contributed by atoms with van der Waals surface area (Å²) in [6, 6.07) is 5.09. The van der Waals surface area contributed by atoms with Gasteiger partial charge >= 0.3 is 6.09 Å². The molecule has 0 radical (unpaired) electrons. The van der Waals surface area contributed by atoms with Gasteiger partial charge in [-0.2, -0.15) is 0 Å². The number of aliphatic hydroxyl groups excluding tert-OH is 1. The molecule has 1 heterocycles. The molecule has 0 saturated heterocycles. The maximum atomic E-state index is 15.0. The van der Waals surface area contributed by atoms with E-state index >= 15 is 4.39 Å². The van der Waals surface area contributed by atoms with Crippen LogP contribution in [0.4, 0.5) is 13.6 Å². The van der Waals surface area contributed by atoms with Crippen LogP contribution in [0.25, 0.3) is 0 Å². The normalized spacial score (nSPS) is 27.1. The highest BCUT2D eigenvalue weighted by Gasteiger charge is 2.69. The zero-order valence-electron chi connectivity index (χ0n) is 21.1. The van der Waals surface area contributed by atoms with Gasteiger partial charge < -0.3 is 14.9 Å². The first-order chi connectivity index (χ1) is 16.1. The Morgan fingerprint density at radius 1 is 1.40 bits per heavy atom. The number of fused-ring (bicyclic) bond motifs is 1. The molecule has 11 heteroatoms. The SMILES string of the molecule is CC(C)(C)C(OCC[Si](C)(C)C)N(C(=O)O)C1=N[C@](CF)(c2cc(Br)ccc2F)[C@@H]2C[C@]2(CO)S1. The number of amides is 1. The first-order valence-electron chi connectivity index (χ1n) is 11.7. The molecular weight excluding hydrogens is 558 g/mol. The average Bonchev–Trinajstić information content (AvgIpc) is 3.48. The molecule has 1 aromatic carbocycles. The highest BCUT2D eigenvalue weighted by Crippen LogP contribution is 2.66. The molecule has 1 aliphatic heterocycles. The second-order valence-corrected chi connectivity index (χ2v) is 19.6. The number of carbonyl (C=O) groups is 1. The number of alkyl halides is 1. The quantitative estimate of drug-likeness (QED) is 0.273. The summed E-state index contributed by atoms with van der Waals surface area (Å²) in [5.74, 6) is -1.10. The van der Waals surface area contributed by atoms with Gasteiger partial charge in [0.25, 0.3) is 0 Å². The van der Waals surface area contributed by atoms with Crippen LogP contribution < -0.4 is 0 Å². The molecule has 1 fully saturated rings. The first-order valence-corrected chi connectivity index (χ1v) is 17.0. The molecule has 6 nitrogen and oxygen atoms in total. The molecule has 1 aliphatic carbocycles. The molecule has 1 amide bonds. The molecule has 0 aromatic heterocycles. The van der Waals surface area contributed by atoms with Crippen LogP contribution in [0.3, 0.4) is 0 Å². The topological polar surface area (TPSA) is 82.4 Å². The van der Waals surface area contributed by atoms with E-state index in [2.05, 4.69) is 40.6 Å². The molecular formula is C24H35BrF2N2O4SSi. The van der Waals surface area contributed by atoms with Crippen molar-refractivity contribution in [2.45, 2.75) is 69.4 Å². The van der Waals surface area contributed by atoms with Crippen molar-refractivity contribution in [1.82, 2.24) is 4.90 Å². The Balaban J connectivity index is 2.13. The lowest BCUT2D eigenvalue weighted by atomic mass is 9.85. The van der Waals surface area contributed by atoms with Gasteiger partial charge in [-0.25, -0.2) is 23.5 Å². The van der Waals surface area contributed by atoms with E-state index in [1.165, 1.54) is 18.2 Å². The summed E-state index contributed by atoms with van der Waals surface area (Å²) >= 11 is 4.45. The summed E-state index contributed by atoms with van der Waals surface area (Å²) in [4.78, 5) is 18.3. The third-order valence-electron chi connectivity index (χ3n) is 6.57. The average molecular weight is 594 g/mol. The van der Waals surface area contributed by atoms with Gasteiger partial charge in [-0.15, -0.1) is 0 Å². The molecule has 1 aromatic rings. The van der Waals surface area contributed by atoms with Gasteiger partial charge in [0.05, 0.1) is 11.4 Å². The number of ether oxygens (including phenoxy) is 1. The van der Waals surface area contributed by atoms with E-state index in [9.17, 15) is 19.4 Å². The fourth-order valence-electron chi connectivity index (χ4n) is 4.51. The van der Waals surface area contributed by atoms with Gasteiger partial charge in [-0.3, -0.25) is 0 Å². The largest absolute Gasteiger partial charge is 0.465 e. The number of rotatable bonds is 8. The maximum Gasteiger partial charge on any atom is 0.415 e. The fourth-order valence-corrected chi connectivity index (χ4v) is 7.10. The fraction of sp³-hybridized carbons (Fsp3) is 0.667. The standard InChI is InChI=1S/C24H35BrF2N2O4SSi/c1-22(2,3)19(33-9-10-35(4,5)6)29(21(31)32)20-28-24(13-26,18-12-23(18,14-30)34-20)16-11-15(25)7-8-17(16)27/h7-8,11,18-19,30H,9-10,12-14H2,1-6H3,(H,31,32)/t18-,19?,23-,24-/m1/s1. The number of amidine groups is 1. The van der Waals surface area contributed by atoms with Crippen LogP contribution in [0.2, 0.25) is 25.7 Å². The number of thioether (sulfide) groups is 1. The van der Waals surface area contributed by atoms with Gasteiger partial charge in [0, 0.05) is 36.0 Å². The van der Waals surface area contributed by atoms with Crippen LogP contribution in [-0.4, -0.2) is 65.3 Å². The number of aliphatic imine (C=N–C) groups is 1. The van der Waals surface area contributed by atoms with Crippen molar-refractivity contribution >= 4 is 47.0 Å². The molecule has 1 saturated carbocycles. The summed E-state index contributed by atoms with van der Waals surface area (Å²) in [5.41, 5.74) is -2.23. The van der Waals surface area contributed by atoms with E-state index in [-0.39, 0.29) is 17.3 Å². The molecule has 0 spiro atoms. The second-order valence-electron chi connectivity index (χ2n) is 11.7. The third kappa shape index (κ3) is 5.79. The van der Waals surface area contributed by atoms with E-state index in [1.54, 1.807) is 0 Å². The number of aliphatic hydroxyl groups is 1. The number of carboxylic acid groups (broad SMARTS) is 1. The number of hydrogen-bond acceptors (Lipinski definition) is 5. The summed E-state index contributed by atoms with van der Waals surface area (Å²) in [7, 11) is -1.45. The van der Waals surface area contributed by atoms with Crippen molar-refractivity contribution in [3.63, 3.8) is 0 Å². The monoisotopic (exact) mass is 592 g/mol. The van der Waals surface area contributed by atoms with Crippen molar-refractivity contribution in [2.24, 2.45) is 16.3 Å². The van der Waals surface area contributed by atoms with Crippen LogP contribution in [-0.2, 0) is 10.3 Å². The number of halogens is 3. The lowest BCUT2D eigenvalue weighted by Crippen LogP contribution is -2.54.